The Bertz CT molecular complexity index is 4840. The number of likely N-dealkylation sites (tertiary alicyclic amines) is 2. The van der Waals surface area contributed by atoms with Gasteiger partial charge in [0.05, 0.1) is 35.9 Å². The molecule has 2 unspecified atom stereocenters. The van der Waals surface area contributed by atoms with E-state index in [1.165, 1.54) is 12.4 Å². The van der Waals surface area contributed by atoms with Crippen molar-refractivity contribution >= 4 is 105 Å². The van der Waals surface area contributed by atoms with Crippen LogP contribution in [-0.2, 0) is 80.2 Å². The van der Waals surface area contributed by atoms with E-state index in [2.05, 4.69) is 41.2 Å². The van der Waals surface area contributed by atoms with Crippen LogP contribution in [0.25, 0.3) is 0 Å². The number of aromatic nitrogens is 4. The number of fused-ring (bicyclic) bond motifs is 4. The lowest BCUT2D eigenvalue weighted by Crippen LogP contribution is -2.58. The minimum atomic E-state index is -0.919. The second-order valence-electron chi connectivity index (χ2n) is 42.8. The van der Waals surface area contributed by atoms with E-state index in [4.69, 9.17) is 0 Å². The van der Waals surface area contributed by atoms with Crippen LogP contribution >= 0.6 is 0 Å². The van der Waals surface area contributed by atoms with Gasteiger partial charge in [-0.1, -0.05) is 184 Å². The van der Waals surface area contributed by atoms with E-state index >= 15 is 0 Å². The zero-order valence-corrected chi connectivity index (χ0v) is 85.1. The number of carbonyl (C=O) groups excluding carboxylic acids is 18. The molecule has 6 aliphatic carbocycles. The summed E-state index contributed by atoms with van der Waals surface area (Å²) >= 11 is 0. The molecule has 8 heterocycles. The number of aryl methyl sites for hydroxylation is 2. The molecule has 4 aromatic rings. The number of nitrogens with zero attached hydrogens (tertiary/aromatic N) is 8. The van der Waals surface area contributed by atoms with E-state index in [-0.39, 0.29) is 192 Å². The maximum absolute atomic E-state index is 14.7. The Morgan fingerprint density at radius 1 is 0.429 bits per heavy atom. The molecule has 12 aliphatic rings. The molecule has 14 atom stereocenters. The van der Waals surface area contributed by atoms with E-state index < -0.39 is 82.3 Å². The fourth-order valence-electron chi connectivity index (χ4n) is 22.6. The predicted molar refractivity (Wildman–Crippen MR) is 525 cm³/mol. The summed E-state index contributed by atoms with van der Waals surface area (Å²) in [5.74, 6) is -6.70. The topological polar surface area (TPSA) is 420 Å². The molecule has 30 heteroatoms. The first-order valence-electron chi connectivity index (χ1n) is 52.4. The average molecular weight is 1930 g/mol. The quantitative estimate of drug-likeness (QED) is 0.0192. The van der Waals surface area contributed by atoms with Crippen LogP contribution in [0.4, 0.5) is 0 Å². The number of Topliss-reactive ketones (excluding diaryl/α,β-unsaturated/α-hetero) is 8. The highest BCUT2D eigenvalue weighted by Crippen LogP contribution is 2.48. The Morgan fingerprint density at radius 2 is 0.786 bits per heavy atom. The molecule has 6 saturated carbocycles. The van der Waals surface area contributed by atoms with Crippen molar-refractivity contribution in [3.63, 3.8) is 0 Å². The van der Waals surface area contributed by atoms with E-state index in [1.54, 1.807) is 58.0 Å². The van der Waals surface area contributed by atoms with Crippen LogP contribution in [0.5, 0.6) is 0 Å². The monoisotopic (exact) mass is 1930 g/mol. The third-order valence-corrected chi connectivity index (χ3v) is 30.5. The smallest absolute Gasteiger partial charge is 0.255 e. The van der Waals surface area contributed by atoms with Gasteiger partial charge in [0.15, 0.2) is 34.7 Å². The number of hydrogen-bond donors (Lipinski definition) is 4. The molecule has 2 aromatic carbocycles. The molecule has 16 rings (SSSR count). The summed E-state index contributed by atoms with van der Waals surface area (Å²) < 4.78 is 0. The molecule has 760 valence electrons. The summed E-state index contributed by atoms with van der Waals surface area (Å²) in [6, 6.07) is 10.4. The van der Waals surface area contributed by atoms with Gasteiger partial charge in [0.25, 0.3) is 11.8 Å². The lowest BCUT2D eigenvalue weighted by atomic mass is 9.76. The minimum absolute atomic E-state index is 0.00513. The van der Waals surface area contributed by atoms with Crippen molar-refractivity contribution in [2.75, 3.05) is 13.1 Å². The summed E-state index contributed by atoms with van der Waals surface area (Å²) in [6.45, 7) is 28.7. The lowest BCUT2D eigenvalue weighted by molar-refractivity contribution is -0.146. The maximum Gasteiger partial charge on any atom is 0.255 e. The van der Waals surface area contributed by atoms with Gasteiger partial charge in [0.1, 0.15) is 35.6 Å². The summed E-state index contributed by atoms with van der Waals surface area (Å²) in [5.41, 5.74) is 3.68. The van der Waals surface area contributed by atoms with Crippen molar-refractivity contribution in [3.05, 3.63) is 118 Å². The number of rotatable bonds is 34. The van der Waals surface area contributed by atoms with Crippen LogP contribution in [-0.4, -0.2) is 194 Å². The highest BCUT2D eigenvalue weighted by molar-refractivity contribution is 6.39. The Morgan fingerprint density at radius 3 is 1.10 bits per heavy atom. The second kappa shape index (κ2) is 50.1. The zero-order valence-electron chi connectivity index (χ0n) is 85.1. The lowest BCUT2D eigenvalue weighted by Gasteiger charge is -2.38. The number of nitrogens with one attached hydrogen (secondary N) is 4. The largest absolute Gasteiger partial charge is 0.344 e. The van der Waals surface area contributed by atoms with Crippen LogP contribution in [0.15, 0.2) is 73.3 Å². The van der Waals surface area contributed by atoms with Crippen molar-refractivity contribution < 1.29 is 86.3 Å². The number of imide groups is 2. The standard InChI is InChI=1S/2C40H58N4O6.2C13H12N2O3.2C2H6/c2*1-6-11-27(36(48)34(47)18-25-16-17-25)19-33(46)35-29-15-10-14-28(29)23-44(35)39(50)37(40(3,4)5)43-38(49)30(26-12-8-7-9-13-26)20-32(45)31-22-41-24(2)21-42-31;2*16-11-6-5-10(12(17)14-11)15-7-8-3-1-2-4-9(8)13(15)18;2*1-2/h2*21-22,25-30,35,37H,6-20,23H2,1-5H3,(H,43,49);2*1-4,10H,5-7H2,(H,14,16,17);2*1-2H3/t2*27-,28-,29-,30-,35-,37+;;;;/m00..../s1. The molecule has 0 radical (unpaired) electrons. The Labute approximate surface area is 825 Å². The van der Waals surface area contributed by atoms with Gasteiger partial charge in [-0.05, 0) is 198 Å². The van der Waals surface area contributed by atoms with E-state index in [9.17, 15) is 86.3 Å². The van der Waals surface area contributed by atoms with Crippen LogP contribution in [0.3, 0.4) is 0 Å². The molecule has 0 spiro atoms. The van der Waals surface area contributed by atoms with Crippen molar-refractivity contribution in [2.45, 2.75) is 365 Å². The number of amides is 10. The first-order chi connectivity index (χ1) is 66.9. The molecule has 140 heavy (non-hydrogen) atoms. The predicted octanol–water partition coefficient (Wildman–Crippen LogP) is 15.0. The summed E-state index contributed by atoms with van der Waals surface area (Å²) in [6.07, 6.45) is 29.0. The number of ketones is 8. The minimum Gasteiger partial charge on any atom is -0.344 e. The fourth-order valence-corrected chi connectivity index (χ4v) is 22.6. The normalized spacial score (nSPS) is 23.3. The van der Waals surface area contributed by atoms with Gasteiger partial charge in [0, 0.05) is 125 Å². The van der Waals surface area contributed by atoms with Crippen molar-refractivity contribution in [1.29, 1.82) is 0 Å². The summed E-state index contributed by atoms with van der Waals surface area (Å²) in [5, 5.41) is 10.8. The molecule has 30 nitrogen and oxygen atoms in total. The Balaban J connectivity index is 0.000000193. The van der Waals surface area contributed by atoms with Gasteiger partial charge in [-0.15, -0.1) is 0 Å². The summed E-state index contributed by atoms with van der Waals surface area (Å²) in [7, 11) is 0. The SMILES string of the molecule is CC.CC.CCC[C@@H](CC(=O)[C@@H]1[C@H]2CCC[C@H]2CN1C(=O)[C@@H](NC(=O)[C@@H](CC(=O)c1cnc(C)cn1)C1CCCCC1)C(C)(C)C)C(=O)C(=O)CC1CC1.CCC[C@@H](CC(=O)[C@@H]1[C@H]2CCC[C@H]2CN1C(=O)[C@@H](NC(=O)[C@@H](CC(=O)c1cnc(C)cn1)C1CCCCC1)C(C)(C)C)C(=O)C(=O)CC1CC1.O=C1CCC(N2Cc3ccccc3C2=O)C(=O)N1.O=C1CCC(N2Cc3ccccc3C2=O)C(=O)N1. The number of hydrogen-bond acceptors (Lipinski definition) is 22. The molecule has 4 saturated heterocycles. The van der Waals surface area contributed by atoms with Gasteiger partial charge >= 0.3 is 0 Å². The third-order valence-electron chi connectivity index (χ3n) is 30.5. The highest BCUT2D eigenvalue weighted by atomic mass is 16.2. The van der Waals surface area contributed by atoms with Crippen molar-refractivity contribution in [2.24, 2.45) is 81.8 Å². The van der Waals surface area contributed by atoms with Crippen molar-refractivity contribution in [1.82, 2.24) is 60.8 Å². The van der Waals surface area contributed by atoms with Gasteiger partial charge < -0.3 is 30.2 Å². The number of carbonyl (C=O) groups is 18. The number of benzene rings is 2. The van der Waals surface area contributed by atoms with Crippen molar-refractivity contribution in [3.8, 4) is 0 Å². The zero-order chi connectivity index (χ0) is 102. The van der Waals surface area contributed by atoms with Crippen LogP contribution in [0.2, 0.25) is 0 Å². The van der Waals surface area contributed by atoms with Gasteiger partial charge in [-0.25, -0.2) is 9.97 Å². The van der Waals surface area contributed by atoms with E-state index in [0.29, 0.717) is 99.1 Å². The van der Waals surface area contributed by atoms with Gasteiger partial charge in [-0.3, -0.25) is 107 Å². The van der Waals surface area contributed by atoms with Gasteiger partial charge in [0.2, 0.25) is 58.8 Å². The first-order valence-corrected chi connectivity index (χ1v) is 52.4. The van der Waals surface area contributed by atoms with E-state index in [0.717, 1.165) is 140 Å². The summed E-state index contributed by atoms with van der Waals surface area (Å²) in [4.78, 5) is 259. The average Bonchev–Trinajstić information content (AvgIpc) is 1.62. The number of piperidine rings is 2. The second-order valence-corrected chi connectivity index (χ2v) is 42.8. The van der Waals surface area contributed by atoms with Crippen LogP contribution < -0.4 is 21.3 Å². The molecular weight excluding hydrogens is 1780 g/mol. The molecule has 4 N–H and O–H groups in total. The Hall–Kier alpha value is -10.9. The molecule has 6 aliphatic heterocycles. The Kier molecular flexibility index (Phi) is 39.2. The first kappa shape index (κ1) is 109. The highest BCUT2D eigenvalue weighted by Gasteiger charge is 2.56. The van der Waals surface area contributed by atoms with E-state index in [1.807, 2.05) is 119 Å². The molecule has 0 bridgehead atoms. The maximum atomic E-state index is 14.7. The third kappa shape index (κ3) is 27.9. The molecule has 10 amide bonds. The van der Waals surface area contributed by atoms with Gasteiger partial charge in [-0.2, -0.15) is 0 Å². The van der Waals surface area contributed by atoms with Crippen LogP contribution in [0, 0.1) is 95.7 Å². The molecular formula is C110H152N12O18. The fraction of sp³-hybridized carbons (Fsp3) is 0.655. The molecule has 10 fully saturated rings. The van der Waals surface area contributed by atoms with Crippen LogP contribution in [0.1, 0.15) is 366 Å². The molecule has 2 aromatic heterocycles.